The molecule has 0 aliphatic heterocycles. The number of imidazole rings is 1. The second-order valence-corrected chi connectivity index (χ2v) is 10.7. The molecule has 0 radical (unpaired) electrons. The lowest BCUT2D eigenvalue weighted by Gasteiger charge is -2.33. The Kier molecular flexibility index (Phi) is 11.4. The number of nitrogens with one attached hydrogen (secondary N) is 3. The van der Waals surface area contributed by atoms with Gasteiger partial charge in [0.05, 0.1) is 25.4 Å². The van der Waals surface area contributed by atoms with Gasteiger partial charge in [0, 0.05) is 24.7 Å². The number of nitrogens with zero attached hydrogens (tertiary/aromatic N) is 1. The summed E-state index contributed by atoms with van der Waals surface area (Å²) in [6.45, 7) is 3.90. The highest BCUT2D eigenvalue weighted by Gasteiger charge is 2.42. The minimum Gasteiger partial charge on any atom is -0.478 e. The number of amides is 2. The molecule has 9 nitrogen and oxygen atoms in total. The van der Waals surface area contributed by atoms with Crippen LogP contribution in [-0.4, -0.2) is 63.2 Å². The Hall–Kier alpha value is -3.37. The van der Waals surface area contributed by atoms with E-state index in [9.17, 15) is 19.5 Å². The van der Waals surface area contributed by atoms with Crippen LogP contribution in [0, 0.1) is 5.92 Å². The van der Waals surface area contributed by atoms with Gasteiger partial charge in [0.2, 0.25) is 17.5 Å². The number of carbonyl (C=O) groups excluding carboxylic acids is 2. The van der Waals surface area contributed by atoms with Crippen LogP contribution in [0.4, 0.5) is 0 Å². The van der Waals surface area contributed by atoms with Crippen LogP contribution in [0.5, 0.6) is 0 Å². The van der Waals surface area contributed by atoms with Crippen LogP contribution < -0.4 is 10.6 Å². The molecule has 10 heteroatoms. The first-order valence-electron chi connectivity index (χ1n) is 13.2. The van der Waals surface area contributed by atoms with E-state index in [0.717, 1.165) is 22.8 Å². The normalized spacial score (nSPS) is 14.3. The highest BCUT2D eigenvalue weighted by atomic mass is 32.2. The molecule has 2 aromatic carbocycles. The molecule has 39 heavy (non-hydrogen) atoms. The van der Waals surface area contributed by atoms with Crippen molar-refractivity contribution in [1.82, 2.24) is 20.6 Å². The second-order valence-electron chi connectivity index (χ2n) is 9.69. The smallest absolute Gasteiger partial charge is 0.357 e. The van der Waals surface area contributed by atoms with Gasteiger partial charge in [-0.2, -0.15) is 11.8 Å². The highest BCUT2D eigenvalue weighted by Crippen LogP contribution is 2.22. The molecule has 210 valence electrons. The minimum atomic E-state index is -1.90. The fourth-order valence-corrected chi connectivity index (χ4v) is 4.85. The van der Waals surface area contributed by atoms with Crippen molar-refractivity contribution in [2.24, 2.45) is 5.92 Å². The number of hydrogen-bond donors (Lipinski definition) is 4. The molecule has 3 atom stereocenters. The monoisotopic (exact) mass is 554 g/mol. The molecular formula is C29H38N4O5S. The van der Waals surface area contributed by atoms with E-state index in [1.165, 1.54) is 18.1 Å². The van der Waals surface area contributed by atoms with E-state index in [2.05, 4.69) is 20.6 Å². The quantitative estimate of drug-likeness (QED) is 0.197. The lowest BCUT2D eigenvalue weighted by molar-refractivity contribution is -0.176. The number of ether oxygens (including phenoxy) is 1. The first-order chi connectivity index (χ1) is 18.8. The zero-order valence-electron chi connectivity index (χ0n) is 22.7. The summed E-state index contributed by atoms with van der Waals surface area (Å²) in [6, 6.07) is 13.5. The molecule has 3 aromatic rings. The zero-order chi connectivity index (χ0) is 28.3. The summed E-state index contributed by atoms with van der Waals surface area (Å²) in [5, 5.41) is 18.0. The first-order valence-corrected chi connectivity index (χ1v) is 14.6. The van der Waals surface area contributed by atoms with Gasteiger partial charge >= 0.3 is 5.97 Å². The zero-order valence-corrected chi connectivity index (χ0v) is 23.6. The highest BCUT2D eigenvalue weighted by molar-refractivity contribution is 7.98. The Bertz CT molecular complexity index is 1230. The van der Waals surface area contributed by atoms with E-state index >= 15 is 0 Å². The molecule has 0 aliphatic rings. The van der Waals surface area contributed by atoms with Gasteiger partial charge in [-0.05, 0) is 40.7 Å². The third-order valence-electron chi connectivity index (χ3n) is 6.94. The average molecular weight is 555 g/mol. The molecule has 0 fully saturated rings. The van der Waals surface area contributed by atoms with Crippen LogP contribution in [0.25, 0.3) is 10.8 Å². The minimum absolute atomic E-state index is 0.0184. The van der Waals surface area contributed by atoms with Gasteiger partial charge < -0.3 is 25.5 Å². The van der Waals surface area contributed by atoms with Crippen LogP contribution in [0.3, 0.4) is 0 Å². The first kappa shape index (κ1) is 30.2. The number of H-pyrrole nitrogens is 1. The number of rotatable bonds is 16. The van der Waals surface area contributed by atoms with Crippen molar-refractivity contribution in [3.8, 4) is 0 Å². The molecular weight excluding hydrogens is 516 g/mol. The van der Waals surface area contributed by atoms with Gasteiger partial charge in [0.25, 0.3) is 0 Å². The molecule has 0 aliphatic carbocycles. The predicted molar refractivity (Wildman–Crippen MR) is 153 cm³/mol. The predicted octanol–water partition coefficient (Wildman–Crippen LogP) is 3.94. The van der Waals surface area contributed by atoms with E-state index in [1.807, 2.05) is 62.6 Å². The van der Waals surface area contributed by atoms with Crippen LogP contribution in [-0.2, 0) is 32.0 Å². The van der Waals surface area contributed by atoms with Crippen molar-refractivity contribution < 1.29 is 24.2 Å². The fourth-order valence-electron chi connectivity index (χ4n) is 4.36. The number of carboxylic acid groups (broad SMARTS) is 1. The van der Waals surface area contributed by atoms with Crippen molar-refractivity contribution in [1.29, 1.82) is 0 Å². The number of aromatic amines is 1. The Balaban J connectivity index is 1.70. The van der Waals surface area contributed by atoms with Gasteiger partial charge in [-0.15, -0.1) is 0 Å². The number of benzene rings is 2. The standard InChI is InChI=1S/C29H38N4O5S/c1-4-20(2)25(32-27(35)16-23-17-30-19-31-23)18-38-29(28(36)37,14-15-39-3)33-26(34)13-12-22-10-7-9-21-8-5-6-11-24(21)22/h5-11,17,19-20,25H,4,12-16,18H2,1-3H3,(H,30,31)(H,32,35)(H,33,34)(H,36,37)/t20-,25+,29-/m0/s1. The summed E-state index contributed by atoms with van der Waals surface area (Å²) >= 11 is 1.47. The Morgan fingerprint density at radius 1 is 1.15 bits per heavy atom. The van der Waals surface area contributed by atoms with Gasteiger partial charge in [-0.1, -0.05) is 62.7 Å². The molecule has 0 spiro atoms. The van der Waals surface area contributed by atoms with Gasteiger partial charge in [0.1, 0.15) is 0 Å². The Labute approximate surface area is 233 Å². The fraction of sp³-hybridized carbons (Fsp3) is 0.448. The molecule has 0 saturated heterocycles. The maximum atomic E-state index is 13.1. The molecule has 1 heterocycles. The lowest BCUT2D eigenvalue weighted by Crippen LogP contribution is -2.59. The number of fused-ring (bicyclic) bond motifs is 1. The number of hydrogen-bond acceptors (Lipinski definition) is 6. The van der Waals surface area contributed by atoms with Crippen molar-refractivity contribution in [2.75, 3.05) is 18.6 Å². The van der Waals surface area contributed by atoms with Crippen molar-refractivity contribution in [2.45, 2.75) is 57.7 Å². The third kappa shape index (κ3) is 8.56. The number of aliphatic carboxylic acids is 1. The summed E-state index contributed by atoms with van der Waals surface area (Å²) in [5.41, 5.74) is -0.209. The molecule has 0 bridgehead atoms. The summed E-state index contributed by atoms with van der Waals surface area (Å²) in [4.78, 5) is 45.1. The third-order valence-corrected chi connectivity index (χ3v) is 7.55. The van der Waals surface area contributed by atoms with Crippen LogP contribution >= 0.6 is 11.8 Å². The van der Waals surface area contributed by atoms with E-state index in [-0.39, 0.29) is 37.7 Å². The maximum absolute atomic E-state index is 13.1. The van der Waals surface area contributed by atoms with Gasteiger partial charge in [-0.3, -0.25) is 9.59 Å². The number of thioether (sulfide) groups is 1. The maximum Gasteiger partial charge on any atom is 0.357 e. The summed E-state index contributed by atoms with van der Waals surface area (Å²) in [6.07, 6.45) is 6.49. The van der Waals surface area contributed by atoms with Crippen molar-refractivity contribution >= 4 is 40.3 Å². The van der Waals surface area contributed by atoms with Crippen molar-refractivity contribution in [3.63, 3.8) is 0 Å². The number of aryl methyl sites for hydroxylation is 1. The van der Waals surface area contributed by atoms with Crippen molar-refractivity contribution in [3.05, 3.63) is 66.2 Å². The van der Waals surface area contributed by atoms with E-state index in [1.54, 1.807) is 6.20 Å². The van der Waals surface area contributed by atoms with Gasteiger partial charge in [0.15, 0.2) is 0 Å². The molecule has 2 amide bonds. The largest absolute Gasteiger partial charge is 0.478 e. The lowest BCUT2D eigenvalue weighted by atomic mass is 9.99. The number of carbonyl (C=O) groups is 3. The summed E-state index contributed by atoms with van der Waals surface area (Å²) in [7, 11) is 0. The molecule has 0 unspecified atom stereocenters. The van der Waals surface area contributed by atoms with Gasteiger partial charge in [-0.25, -0.2) is 9.78 Å². The SMILES string of the molecule is CC[C@H](C)[C@@H](CO[C@](CCSC)(NC(=O)CCc1cccc2ccccc12)C(=O)O)NC(=O)Cc1cnc[nH]1. The summed E-state index contributed by atoms with van der Waals surface area (Å²) < 4.78 is 6.03. The Morgan fingerprint density at radius 3 is 2.62 bits per heavy atom. The Morgan fingerprint density at radius 2 is 1.92 bits per heavy atom. The van der Waals surface area contributed by atoms with E-state index in [4.69, 9.17) is 4.74 Å². The molecule has 0 saturated carbocycles. The topological polar surface area (TPSA) is 133 Å². The molecule has 1 aromatic heterocycles. The summed E-state index contributed by atoms with van der Waals surface area (Å²) in [5.74, 6) is -1.41. The number of carboxylic acids is 1. The van der Waals surface area contributed by atoms with Crippen LogP contribution in [0.2, 0.25) is 0 Å². The average Bonchev–Trinajstić information content (AvgIpc) is 3.44. The molecule has 3 rings (SSSR count). The van der Waals surface area contributed by atoms with Crippen LogP contribution in [0.1, 0.15) is 44.4 Å². The number of aromatic nitrogens is 2. The van der Waals surface area contributed by atoms with E-state index in [0.29, 0.717) is 17.9 Å². The van der Waals surface area contributed by atoms with Crippen LogP contribution in [0.15, 0.2) is 55.0 Å². The second kappa shape index (κ2) is 14.7. The van der Waals surface area contributed by atoms with E-state index < -0.39 is 23.6 Å². The molecule has 4 N–H and O–H groups in total.